The molecule has 3 N–H and O–H groups in total. The predicted molar refractivity (Wildman–Crippen MR) is 69.0 cm³/mol. The lowest BCUT2D eigenvalue weighted by atomic mass is 9.85. The molecule has 2 rings (SSSR count). The molecule has 2 saturated carbocycles. The molecule has 0 aromatic heterocycles. The minimum atomic E-state index is -0.779. The second-order valence-corrected chi connectivity index (χ2v) is 6.43. The Balaban J connectivity index is 1.87. The molecule has 0 saturated heterocycles. The molecule has 0 spiro atoms. The van der Waals surface area contributed by atoms with Crippen molar-refractivity contribution >= 4 is 5.91 Å². The Kier molecular flexibility index (Phi) is 3.97. The number of aliphatic hydroxyl groups is 2. The summed E-state index contributed by atoms with van der Waals surface area (Å²) in [7, 11) is 0. The summed E-state index contributed by atoms with van der Waals surface area (Å²) in [5.74, 6) is -0.0639. The predicted octanol–water partition coefficient (Wildman–Crippen LogP) is 1.35. The molecular formula is C14H25NO3. The quantitative estimate of drug-likeness (QED) is 0.710. The van der Waals surface area contributed by atoms with Crippen LogP contribution in [0.3, 0.4) is 0 Å². The van der Waals surface area contributed by atoms with Crippen LogP contribution in [-0.2, 0) is 4.79 Å². The van der Waals surface area contributed by atoms with E-state index < -0.39 is 5.60 Å². The number of carbonyl (C=O) groups excluding carboxylic acids is 1. The highest BCUT2D eigenvalue weighted by Crippen LogP contribution is 2.38. The lowest BCUT2D eigenvalue weighted by Gasteiger charge is -2.31. The first kappa shape index (κ1) is 13.8. The average Bonchev–Trinajstić information content (AvgIpc) is 2.87. The molecule has 0 aliphatic heterocycles. The number of amides is 1. The van der Waals surface area contributed by atoms with Crippen molar-refractivity contribution in [1.82, 2.24) is 5.32 Å². The number of aliphatic hydroxyl groups excluding tert-OH is 1. The topological polar surface area (TPSA) is 69.6 Å². The molecule has 104 valence electrons. The molecule has 0 aromatic carbocycles. The first-order chi connectivity index (χ1) is 8.47. The van der Waals surface area contributed by atoms with Crippen LogP contribution in [0, 0.1) is 5.41 Å². The van der Waals surface area contributed by atoms with Gasteiger partial charge in [-0.15, -0.1) is 0 Å². The summed E-state index contributed by atoms with van der Waals surface area (Å²) in [4.78, 5) is 12.0. The lowest BCUT2D eigenvalue weighted by molar-refractivity contribution is -0.127. The highest BCUT2D eigenvalue weighted by Gasteiger charge is 2.40. The number of hydrogen-bond donors (Lipinski definition) is 3. The maximum atomic E-state index is 12.0. The molecule has 0 bridgehead atoms. The lowest BCUT2D eigenvalue weighted by Crippen LogP contribution is -2.46. The van der Waals surface area contributed by atoms with Crippen LogP contribution in [0.5, 0.6) is 0 Å². The summed E-state index contributed by atoms with van der Waals surface area (Å²) in [5.41, 5.74) is -0.966. The van der Waals surface area contributed by atoms with E-state index in [0.717, 1.165) is 44.9 Å². The number of hydrogen-bond acceptors (Lipinski definition) is 3. The van der Waals surface area contributed by atoms with Gasteiger partial charge in [0.15, 0.2) is 0 Å². The molecule has 1 amide bonds. The first-order valence-corrected chi connectivity index (χ1v) is 7.10. The Labute approximate surface area is 109 Å². The van der Waals surface area contributed by atoms with Gasteiger partial charge in [0.2, 0.25) is 5.91 Å². The van der Waals surface area contributed by atoms with Crippen molar-refractivity contribution < 1.29 is 15.0 Å². The Morgan fingerprint density at radius 2 is 1.94 bits per heavy atom. The summed E-state index contributed by atoms with van der Waals surface area (Å²) in [5, 5.41) is 22.7. The molecule has 2 fully saturated rings. The average molecular weight is 255 g/mol. The zero-order valence-corrected chi connectivity index (χ0v) is 11.2. The third-order valence-corrected chi connectivity index (χ3v) is 4.80. The Morgan fingerprint density at radius 1 is 1.28 bits per heavy atom. The summed E-state index contributed by atoms with van der Waals surface area (Å²) >= 11 is 0. The van der Waals surface area contributed by atoms with E-state index in [-0.39, 0.29) is 30.4 Å². The second-order valence-electron chi connectivity index (χ2n) is 6.43. The fourth-order valence-corrected chi connectivity index (χ4v) is 3.42. The van der Waals surface area contributed by atoms with Gasteiger partial charge < -0.3 is 15.5 Å². The van der Waals surface area contributed by atoms with E-state index in [9.17, 15) is 15.0 Å². The van der Waals surface area contributed by atoms with Crippen molar-refractivity contribution in [2.45, 2.75) is 69.9 Å². The molecule has 2 aliphatic rings. The minimum Gasteiger partial charge on any atom is -0.396 e. The maximum absolute atomic E-state index is 12.0. The Bertz CT molecular complexity index is 312. The second kappa shape index (κ2) is 5.17. The van der Waals surface area contributed by atoms with Gasteiger partial charge in [0.05, 0.1) is 18.6 Å². The standard InChI is InChI=1S/C14H25NO3/c1-13(10-16)6-4-5-11(13)15-12(17)9-14(18)7-2-3-8-14/h11,16,18H,2-10H2,1H3,(H,15,17). The molecule has 4 nitrogen and oxygen atoms in total. The summed E-state index contributed by atoms with van der Waals surface area (Å²) in [6.07, 6.45) is 6.66. The SMILES string of the molecule is CC1(CO)CCCC1NC(=O)CC1(O)CCCC1. The van der Waals surface area contributed by atoms with Crippen molar-refractivity contribution in [2.75, 3.05) is 6.61 Å². The largest absolute Gasteiger partial charge is 0.396 e. The van der Waals surface area contributed by atoms with Crippen LogP contribution in [0.4, 0.5) is 0 Å². The van der Waals surface area contributed by atoms with E-state index >= 15 is 0 Å². The van der Waals surface area contributed by atoms with Gasteiger partial charge in [-0.05, 0) is 25.7 Å². The normalized spacial score (nSPS) is 34.7. The van der Waals surface area contributed by atoms with Gasteiger partial charge in [0, 0.05) is 11.5 Å². The van der Waals surface area contributed by atoms with Crippen molar-refractivity contribution in [3.8, 4) is 0 Å². The summed E-state index contributed by atoms with van der Waals surface area (Å²) < 4.78 is 0. The molecule has 0 aromatic rings. The zero-order valence-electron chi connectivity index (χ0n) is 11.2. The van der Waals surface area contributed by atoms with Crippen LogP contribution in [0.2, 0.25) is 0 Å². The van der Waals surface area contributed by atoms with Gasteiger partial charge in [-0.25, -0.2) is 0 Å². The molecule has 4 heteroatoms. The monoisotopic (exact) mass is 255 g/mol. The van der Waals surface area contributed by atoms with Crippen LogP contribution in [0.1, 0.15) is 58.3 Å². The Morgan fingerprint density at radius 3 is 2.56 bits per heavy atom. The van der Waals surface area contributed by atoms with E-state index in [1.165, 1.54) is 0 Å². The van der Waals surface area contributed by atoms with Crippen LogP contribution in [0.25, 0.3) is 0 Å². The smallest absolute Gasteiger partial charge is 0.223 e. The van der Waals surface area contributed by atoms with Crippen molar-refractivity contribution in [2.24, 2.45) is 5.41 Å². The zero-order chi connectivity index (χ0) is 13.2. The summed E-state index contributed by atoms with van der Waals surface area (Å²) in [6, 6.07) is 0.0556. The van der Waals surface area contributed by atoms with E-state index in [2.05, 4.69) is 5.32 Å². The highest BCUT2D eigenvalue weighted by molar-refractivity contribution is 5.77. The van der Waals surface area contributed by atoms with Gasteiger partial charge in [-0.2, -0.15) is 0 Å². The van der Waals surface area contributed by atoms with E-state index in [4.69, 9.17) is 0 Å². The maximum Gasteiger partial charge on any atom is 0.223 e. The number of rotatable bonds is 4. The van der Waals surface area contributed by atoms with Gasteiger partial charge in [0.25, 0.3) is 0 Å². The molecule has 0 radical (unpaired) electrons. The molecule has 0 heterocycles. The number of nitrogens with one attached hydrogen (secondary N) is 1. The van der Waals surface area contributed by atoms with Crippen molar-refractivity contribution in [3.05, 3.63) is 0 Å². The molecule has 2 aliphatic carbocycles. The molecule has 2 atom stereocenters. The van der Waals surface area contributed by atoms with E-state index in [0.29, 0.717) is 0 Å². The van der Waals surface area contributed by atoms with Crippen LogP contribution < -0.4 is 5.32 Å². The third-order valence-electron chi connectivity index (χ3n) is 4.80. The van der Waals surface area contributed by atoms with E-state index in [1.807, 2.05) is 6.92 Å². The molecule has 2 unspecified atom stereocenters. The third kappa shape index (κ3) is 2.86. The van der Waals surface area contributed by atoms with Crippen molar-refractivity contribution in [3.63, 3.8) is 0 Å². The first-order valence-electron chi connectivity index (χ1n) is 7.10. The molecular weight excluding hydrogens is 230 g/mol. The van der Waals surface area contributed by atoms with Crippen molar-refractivity contribution in [1.29, 1.82) is 0 Å². The van der Waals surface area contributed by atoms with Gasteiger partial charge >= 0.3 is 0 Å². The highest BCUT2D eigenvalue weighted by atomic mass is 16.3. The molecule has 18 heavy (non-hydrogen) atoms. The van der Waals surface area contributed by atoms with Crippen LogP contribution >= 0.6 is 0 Å². The fraction of sp³-hybridized carbons (Fsp3) is 0.929. The fourth-order valence-electron chi connectivity index (χ4n) is 3.42. The van der Waals surface area contributed by atoms with E-state index in [1.54, 1.807) is 0 Å². The number of carbonyl (C=O) groups is 1. The Hall–Kier alpha value is -0.610. The van der Waals surface area contributed by atoms with Crippen LogP contribution in [-0.4, -0.2) is 34.4 Å². The summed E-state index contributed by atoms with van der Waals surface area (Å²) in [6.45, 7) is 2.14. The van der Waals surface area contributed by atoms with Gasteiger partial charge in [-0.1, -0.05) is 26.2 Å². The minimum absolute atomic E-state index is 0.0556. The van der Waals surface area contributed by atoms with Gasteiger partial charge in [0.1, 0.15) is 0 Å². The van der Waals surface area contributed by atoms with Crippen LogP contribution in [0.15, 0.2) is 0 Å². The van der Waals surface area contributed by atoms with Gasteiger partial charge in [-0.3, -0.25) is 4.79 Å².